The Morgan fingerprint density at radius 2 is 2.00 bits per heavy atom. The minimum Gasteiger partial charge on any atom is -0.495 e. The third-order valence-corrected chi connectivity index (χ3v) is 6.14. The number of rotatable bonds is 5. The molecule has 8 nitrogen and oxygen atoms in total. The second-order valence-corrected chi connectivity index (χ2v) is 9.89. The predicted octanol–water partition coefficient (Wildman–Crippen LogP) is 4.65. The van der Waals surface area contributed by atoms with Crippen LogP contribution in [0.25, 0.3) is 16.9 Å². The first-order chi connectivity index (χ1) is 16.2. The van der Waals surface area contributed by atoms with Crippen molar-refractivity contribution in [3.8, 4) is 17.0 Å². The molecule has 1 amide bonds. The van der Waals surface area contributed by atoms with E-state index in [0.29, 0.717) is 16.3 Å². The summed E-state index contributed by atoms with van der Waals surface area (Å²) in [5.74, 6) is 0.519. The van der Waals surface area contributed by atoms with E-state index in [4.69, 9.17) is 26.1 Å². The van der Waals surface area contributed by atoms with Crippen LogP contribution in [0.4, 0.5) is 10.5 Å². The first-order valence-electron chi connectivity index (χ1n) is 11.4. The van der Waals surface area contributed by atoms with E-state index in [1.54, 1.807) is 19.2 Å². The number of hydrogen-bond acceptors (Lipinski definition) is 6. The fourth-order valence-corrected chi connectivity index (χ4v) is 4.42. The number of aromatic nitrogens is 2. The smallest absolute Gasteiger partial charge is 0.407 e. The van der Waals surface area contributed by atoms with E-state index in [2.05, 4.69) is 22.3 Å². The molecule has 0 saturated carbocycles. The zero-order valence-electron chi connectivity index (χ0n) is 20.0. The number of carbonyl (C=O) groups is 1. The van der Waals surface area contributed by atoms with Crippen LogP contribution in [0, 0.1) is 0 Å². The van der Waals surface area contributed by atoms with E-state index in [1.807, 2.05) is 37.6 Å². The van der Waals surface area contributed by atoms with Crippen molar-refractivity contribution >= 4 is 29.0 Å². The molecule has 3 heterocycles. The number of fused-ring (bicyclic) bond motifs is 1. The van der Waals surface area contributed by atoms with Gasteiger partial charge in [-0.3, -0.25) is 0 Å². The highest BCUT2D eigenvalue weighted by Crippen LogP contribution is 2.34. The zero-order chi connectivity index (χ0) is 24.5. The Labute approximate surface area is 204 Å². The van der Waals surface area contributed by atoms with Crippen LogP contribution in [0.3, 0.4) is 0 Å². The topological polar surface area (TPSA) is 88.3 Å². The Balaban J connectivity index is 1.48. The Bertz CT molecular complexity index is 1180. The van der Waals surface area contributed by atoms with Crippen LogP contribution >= 0.6 is 11.6 Å². The largest absolute Gasteiger partial charge is 0.495 e. The lowest BCUT2D eigenvalue weighted by molar-refractivity contribution is 0.0497. The molecule has 4 rings (SSSR count). The minimum absolute atomic E-state index is 0.101. The van der Waals surface area contributed by atoms with Gasteiger partial charge in [-0.2, -0.15) is 0 Å². The third-order valence-electron chi connectivity index (χ3n) is 5.85. The summed E-state index contributed by atoms with van der Waals surface area (Å²) < 4.78 is 12.6. The van der Waals surface area contributed by atoms with Crippen molar-refractivity contribution < 1.29 is 19.4 Å². The number of hydrogen-bond donors (Lipinski definition) is 2. The Morgan fingerprint density at radius 1 is 1.26 bits per heavy atom. The summed E-state index contributed by atoms with van der Waals surface area (Å²) in [7, 11) is 1.55. The number of nitrogens with one attached hydrogen (secondary N) is 1. The number of amides is 1. The quantitative estimate of drug-likeness (QED) is 0.545. The van der Waals surface area contributed by atoms with E-state index in [1.165, 1.54) is 0 Å². The van der Waals surface area contributed by atoms with Crippen LogP contribution < -0.4 is 15.0 Å². The third kappa shape index (κ3) is 5.39. The number of aliphatic hydroxyl groups is 1. The summed E-state index contributed by atoms with van der Waals surface area (Å²) in [6, 6.07) is 7.73. The molecule has 0 radical (unpaired) electrons. The normalized spacial score (nSPS) is 14.9. The molecular weight excluding hydrogens is 456 g/mol. The molecule has 1 aliphatic heterocycles. The monoisotopic (exact) mass is 486 g/mol. The number of carbonyl (C=O) groups excluding carboxylic acids is 1. The summed E-state index contributed by atoms with van der Waals surface area (Å²) >= 11 is 6.33. The number of piperidine rings is 1. The first-order valence-corrected chi connectivity index (χ1v) is 11.8. The molecule has 2 aromatic heterocycles. The molecular formula is C25H31ClN4O4. The average Bonchev–Trinajstić information content (AvgIpc) is 3.21. The molecule has 9 heteroatoms. The van der Waals surface area contributed by atoms with Crippen molar-refractivity contribution in [3.63, 3.8) is 0 Å². The number of methoxy groups -OCH3 is 1. The van der Waals surface area contributed by atoms with Gasteiger partial charge >= 0.3 is 6.09 Å². The van der Waals surface area contributed by atoms with E-state index in [0.717, 1.165) is 48.5 Å². The summed E-state index contributed by atoms with van der Waals surface area (Å²) in [4.78, 5) is 19.1. The molecule has 1 aromatic carbocycles. The summed E-state index contributed by atoms with van der Waals surface area (Å²) in [5, 5.41) is 13.3. The average molecular weight is 487 g/mol. The number of anilines is 1. The highest BCUT2D eigenvalue weighted by molar-refractivity contribution is 6.32. The van der Waals surface area contributed by atoms with Gasteiger partial charge in [0.25, 0.3) is 0 Å². The number of alkyl carbamates (subject to hydrolysis) is 1. The number of imidazole rings is 1. The standard InChI is InChI=1S/C25H31ClN4O4/c1-25(2,3)34-24(32)27-17-5-8-29(9-6-17)18-7-10-30-14-21(28-23(30)12-18)19-13-20(26)22(33-4)11-16(19)15-31/h7,10-14,17,31H,5-6,8-9,15H2,1-4H3,(H,27,32). The number of nitrogens with zero attached hydrogens (tertiary/aromatic N) is 3. The van der Waals surface area contributed by atoms with Crippen molar-refractivity contribution in [2.75, 3.05) is 25.1 Å². The highest BCUT2D eigenvalue weighted by atomic mass is 35.5. The molecule has 182 valence electrons. The van der Waals surface area contributed by atoms with Gasteiger partial charge in [0.05, 0.1) is 24.4 Å². The summed E-state index contributed by atoms with van der Waals surface area (Å²) in [6.07, 6.45) is 5.23. The van der Waals surface area contributed by atoms with Gasteiger partial charge in [0, 0.05) is 48.8 Å². The summed E-state index contributed by atoms with van der Waals surface area (Å²) in [6.45, 7) is 7.09. The van der Waals surface area contributed by atoms with Crippen molar-refractivity contribution in [1.82, 2.24) is 14.7 Å². The van der Waals surface area contributed by atoms with Crippen LogP contribution in [0.1, 0.15) is 39.2 Å². The van der Waals surface area contributed by atoms with E-state index in [9.17, 15) is 9.90 Å². The van der Waals surface area contributed by atoms with E-state index >= 15 is 0 Å². The maximum Gasteiger partial charge on any atom is 0.407 e. The number of aliphatic hydroxyl groups excluding tert-OH is 1. The molecule has 0 aliphatic carbocycles. The van der Waals surface area contributed by atoms with Crippen LogP contribution in [-0.4, -0.2) is 52.4 Å². The van der Waals surface area contributed by atoms with Gasteiger partial charge < -0.3 is 29.2 Å². The van der Waals surface area contributed by atoms with Crippen LogP contribution in [0.5, 0.6) is 5.75 Å². The maximum atomic E-state index is 12.1. The lowest BCUT2D eigenvalue weighted by Crippen LogP contribution is -2.46. The predicted molar refractivity (Wildman–Crippen MR) is 133 cm³/mol. The highest BCUT2D eigenvalue weighted by Gasteiger charge is 2.24. The minimum atomic E-state index is -0.502. The van der Waals surface area contributed by atoms with Gasteiger partial charge in [0.1, 0.15) is 17.0 Å². The fourth-order valence-electron chi connectivity index (χ4n) is 4.18. The van der Waals surface area contributed by atoms with Gasteiger partial charge in [-0.05, 0) is 57.4 Å². The Hall–Kier alpha value is -2.97. The van der Waals surface area contributed by atoms with Gasteiger partial charge in [0.2, 0.25) is 0 Å². The molecule has 3 aromatic rings. The van der Waals surface area contributed by atoms with Gasteiger partial charge in [-0.1, -0.05) is 11.6 Å². The molecule has 1 aliphatic rings. The van der Waals surface area contributed by atoms with E-state index < -0.39 is 5.60 Å². The van der Waals surface area contributed by atoms with E-state index in [-0.39, 0.29) is 18.7 Å². The number of halogens is 1. The van der Waals surface area contributed by atoms with Gasteiger partial charge in [0.15, 0.2) is 0 Å². The fraction of sp³-hybridized carbons (Fsp3) is 0.440. The van der Waals surface area contributed by atoms with Gasteiger partial charge in [-0.15, -0.1) is 0 Å². The molecule has 1 fully saturated rings. The van der Waals surface area contributed by atoms with Crippen molar-refractivity contribution in [1.29, 1.82) is 0 Å². The SMILES string of the molecule is COc1cc(CO)c(-c2cn3ccc(N4CCC(NC(=O)OC(C)(C)C)CC4)cc3n2)cc1Cl. The van der Waals surface area contributed by atoms with Crippen molar-refractivity contribution in [3.05, 3.63) is 47.2 Å². The lowest BCUT2D eigenvalue weighted by Gasteiger charge is -2.34. The molecule has 0 atom stereocenters. The number of pyridine rings is 1. The van der Waals surface area contributed by atoms with Gasteiger partial charge in [-0.25, -0.2) is 9.78 Å². The molecule has 0 spiro atoms. The summed E-state index contributed by atoms with van der Waals surface area (Å²) in [5.41, 5.74) is 3.58. The number of ether oxygens (including phenoxy) is 2. The van der Waals surface area contributed by atoms with Crippen molar-refractivity contribution in [2.24, 2.45) is 0 Å². The van der Waals surface area contributed by atoms with Crippen LogP contribution in [0.15, 0.2) is 36.7 Å². The molecule has 2 N–H and O–H groups in total. The molecule has 1 saturated heterocycles. The molecule has 34 heavy (non-hydrogen) atoms. The van der Waals surface area contributed by atoms with Crippen LogP contribution in [0.2, 0.25) is 5.02 Å². The zero-order valence-corrected chi connectivity index (χ0v) is 20.7. The van der Waals surface area contributed by atoms with Crippen LogP contribution in [-0.2, 0) is 11.3 Å². The lowest BCUT2D eigenvalue weighted by atomic mass is 10.0. The maximum absolute atomic E-state index is 12.1. The Morgan fingerprint density at radius 3 is 2.65 bits per heavy atom. The number of benzene rings is 1. The Kier molecular flexibility index (Phi) is 6.91. The van der Waals surface area contributed by atoms with Crippen molar-refractivity contribution in [2.45, 2.75) is 51.9 Å². The molecule has 0 unspecified atom stereocenters. The molecule has 0 bridgehead atoms. The second kappa shape index (κ2) is 9.72. The second-order valence-electron chi connectivity index (χ2n) is 9.49. The first kappa shape index (κ1) is 24.2.